The molecule has 3 aromatic rings. The van der Waals surface area contributed by atoms with E-state index in [-0.39, 0.29) is 22.7 Å². The molecule has 0 radical (unpaired) electrons. The van der Waals surface area contributed by atoms with Crippen molar-refractivity contribution in [3.8, 4) is 5.75 Å². The highest BCUT2D eigenvalue weighted by Crippen LogP contribution is 2.33. The first-order chi connectivity index (χ1) is 16.9. The summed E-state index contributed by atoms with van der Waals surface area (Å²) in [6, 6.07) is 8.10. The molecule has 1 aliphatic heterocycles. The number of aromatic nitrogens is 2. The number of likely N-dealkylation sites (N-methyl/N-ethyl adjacent to an activating group) is 2. The van der Waals surface area contributed by atoms with Gasteiger partial charge in [0.1, 0.15) is 24.0 Å². The van der Waals surface area contributed by atoms with Crippen LogP contribution in [0, 0.1) is 5.82 Å². The number of piperidine rings is 1. The molecule has 1 aliphatic rings. The van der Waals surface area contributed by atoms with Crippen LogP contribution in [0.15, 0.2) is 36.7 Å². The summed E-state index contributed by atoms with van der Waals surface area (Å²) in [4.78, 5) is 23.1. The third-order valence-corrected chi connectivity index (χ3v) is 6.41. The van der Waals surface area contributed by atoms with Gasteiger partial charge in [-0.05, 0) is 56.7 Å². The number of anilines is 2. The number of nitrogens with zero attached hydrogens (tertiary/aromatic N) is 3. The van der Waals surface area contributed by atoms with Gasteiger partial charge < -0.3 is 25.6 Å². The normalized spacial score (nSPS) is 15.1. The van der Waals surface area contributed by atoms with E-state index in [1.807, 2.05) is 12.1 Å². The number of hydrogen-bond donors (Lipinski definition) is 3. The summed E-state index contributed by atoms with van der Waals surface area (Å²) in [5.41, 5.74) is 1.71. The minimum Gasteiger partial charge on any atom is -0.490 e. The van der Waals surface area contributed by atoms with E-state index in [0.29, 0.717) is 28.9 Å². The van der Waals surface area contributed by atoms with Crippen LogP contribution in [0.3, 0.4) is 0 Å². The van der Waals surface area contributed by atoms with Crippen molar-refractivity contribution in [3.63, 3.8) is 0 Å². The number of rotatable bonds is 8. The van der Waals surface area contributed by atoms with E-state index in [2.05, 4.69) is 25.9 Å². The van der Waals surface area contributed by atoms with Crippen LogP contribution in [-0.4, -0.2) is 67.2 Å². The van der Waals surface area contributed by atoms with E-state index in [0.717, 1.165) is 31.5 Å². The first-order valence-electron chi connectivity index (χ1n) is 11.6. The Morgan fingerprint density at radius 2 is 2.06 bits per heavy atom. The zero-order valence-electron chi connectivity index (χ0n) is 20.1. The van der Waals surface area contributed by atoms with Gasteiger partial charge >= 0.3 is 0 Å². The number of halogens is 2. The topological polar surface area (TPSA) is 91.4 Å². The van der Waals surface area contributed by atoms with Crippen LogP contribution in [0.25, 0.3) is 10.9 Å². The summed E-state index contributed by atoms with van der Waals surface area (Å²) < 4.78 is 21.0. The average molecular weight is 501 g/mol. The molecule has 10 heteroatoms. The van der Waals surface area contributed by atoms with E-state index in [9.17, 15) is 9.18 Å². The number of carbonyl (C=O) groups excluding carboxylic acids is 1. The molecule has 1 fully saturated rings. The molecule has 2 aromatic carbocycles. The molecule has 1 unspecified atom stereocenters. The van der Waals surface area contributed by atoms with Gasteiger partial charge in [-0.15, -0.1) is 0 Å². The SMILES string of the molecule is CNC(Cc1cc2c(Nc3cccc(Cl)c3F)ncnc2cc1OC1CCNCC1)C(=O)N(C)C. The van der Waals surface area contributed by atoms with Crippen molar-refractivity contribution in [2.24, 2.45) is 0 Å². The van der Waals surface area contributed by atoms with Gasteiger partial charge in [-0.25, -0.2) is 14.4 Å². The number of carbonyl (C=O) groups is 1. The van der Waals surface area contributed by atoms with E-state index >= 15 is 0 Å². The van der Waals surface area contributed by atoms with Crippen LogP contribution >= 0.6 is 11.6 Å². The molecule has 4 rings (SSSR count). The van der Waals surface area contributed by atoms with Gasteiger partial charge in [-0.3, -0.25) is 4.79 Å². The Hall–Kier alpha value is -3.01. The maximum Gasteiger partial charge on any atom is 0.239 e. The van der Waals surface area contributed by atoms with Crippen molar-refractivity contribution in [1.29, 1.82) is 0 Å². The van der Waals surface area contributed by atoms with Crippen LogP contribution in [0.4, 0.5) is 15.9 Å². The zero-order valence-corrected chi connectivity index (χ0v) is 20.8. The Morgan fingerprint density at radius 3 is 2.77 bits per heavy atom. The molecule has 1 atom stereocenters. The van der Waals surface area contributed by atoms with Crippen LogP contribution in [0.2, 0.25) is 5.02 Å². The Labute approximate surface area is 209 Å². The first-order valence-corrected chi connectivity index (χ1v) is 12.0. The molecular formula is C25H30ClFN6O2. The maximum atomic E-state index is 14.6. The van der Waals surface area contributed by atoms with E-state index in [4.69, 9.17) is 16.3 Å². The molecule has 3 N–H and O–H groups in total. The second-order valence-corrected chi connectivity index (χ2v) is 9.18. The zero-order chi connectivity index (χ0) is 24.9. The molecule has 0 aliphatic carbocycles. The van der Waals surface area contributed by atoms with E-state index in [1.165, 1.54) is 12.4 Å². The van der Waals surface area contributed by atoms with Crippen molar-refractivity contribution < 1.29 is 13.9 Å². The number of hydrogen-bond acceptors (Lipinski definition) is 7. The van der Waals surface area contributed by atoms with Crippen molar-refractivity contribution in [2.45, 2.75) is 31.4 Å². The summed E-state index contributed by atoms with van der Waals surface area (Å²) in [6.45, 7) is 1.79. The Morgan fingerprint density at radius 1 is 1.29 bits per heavy atom. The van der Waals surface area contributed by atoms with E-state index < -0.39 is 11.9 Å². The lowest BCUT2D eigenvalue weighted by Crippen LogP contribution is -2.43. The van der Waals surface area contributed by atoms with E-state index in [1.54, 1.807) is 38.2 Å². The largest absolute Gasteiger partial charge is 0.490 e. The van der Waals surface area contributed by atoms with Gasteiger partial charge in [-0.2, -0.15) is 0 Å². The number of benzene rings is 2. The molecule has 0 spiro atoms. The van der Waals surface area contributed by atoms with Gasteiger partial charge in [0.2, 0.25) is 5.91 Å². The molecule has 1 amide bonds. The quantitative estimate of drug-likeness (QED) is 0.436. The number of nitrogens with one attached hydrogen (secondary N) is 3. The standard InChI is InChI=1S/C25H30ClFN6O2/c1-28-21(25(34)33(2)3)12-15-11-17-20(13-22(15)35-16-7-9-29-10-8-16)30-14-31-24(17)32-19-6-4-5-18(26)23(19)27/h4-6,11,13-14,16,21,28-29H,7-10,12H2,1-3H3,(H,30,31,32). The number of amides is 1. The fourth-order valence-electron chi connectivity index (χ4n) is 4.16. The van der Waals surface area contributed by atoms with Crippen LogP contribution in [0.1, 0.15) is 18.4 Å². The predicted octanol–water partition coefficient (Wildman–Crippen LogP) is 3.52. The van der Waals surface area contributed by atoms with Crippen molar-refractivity contribution in [3.05, 3.63) is 53.1 Å². The Kier molecular flexibility index (Phi) is 8.00. The highest BCUT2D eigenvalue weighted by molar-refractivity contribution is 6.31. The molecule has 0 bridgehead atoms. The Balaban J connectivity index is 1.76. The molecule has 2 heterocycles. The van der Waals surface area contributed by atoms with Crippen molar-refractivity contribution >= 4 is 39.9 Å². The lowest BCUT2D eigenvalue weighted by atomic mass is 10.0. The number of fused-ring (bicyclic) bond motifs is 1. The van der Waals surface area contributed by atoms with Gasteiger partial charge in [0.15, 0.2) is 5.82 Å². The first kappa shape index (κ1) is 25.1. The lowest BCUT2D eigenvalue weighted by Gasteiger charge is -2.26. The fourth-order valence-corrected chi connectivity index (χ4v) is 4.34. The summed E-state index contributed by atoms with van der Waals surface area (Å²) in [7, 11) is 5.22. The molecular weight excluding hydrogens is 471 g/mol. The summed E-state index contributed by atoms with van der Waals surface area (Å²) in [5, 5.41) is 10.2. The minimum atomic E-state index is -0.557. The van der Waals surface area contributed by atoms with Crippen LogP contribution in [-0.2, 0) is 11.2 Å². The van der Waals surface area contributed by atoms with Crippen LogP contribution < -0.4 is 20.7 Å². The lowest BCUT2D eigenvalue weighted by molar-refractivity contribution is -0.130. The highest BCUT2D eigenvalue weighted by atomic mass is 35.5. The smallest absolute Gasteiger partial charge is 0.239 e. The second kappa shape index (κ2) is 11.2. The molecule has 1 aromatic heterocycles. The predicted molar refractivity (Wildman–Crippen MR) is 136 cm³/mol. The fraction of sp³-hybridized carbons (Fsp3) is 0.400. The molecule has 35 heavy (non-hydrogen) atoms. The van der Waals surface area contributed by atoms with Crippen molar-refractivity contribution in [2.75, 3.05) is 39.5 Å². The molecule has 0 saturated carbocycles. The minimum absolute atomic E-state index is 0.0192. The summed E-state index contributed by atoms with van der Waals surface area (Å²) in [6.07, 6.45) is 3.70. The van der Waals surface area contributed by atoms with Gasteiger partial charge in [0.05, 0.1) is 22.3 Å². The van der Waals surface area contributed by atoms with Crippen molar-refractivity contribution in [1.82, 2.24) is 25.5 Å². The molecule has 1 saturated heterocycles. The third kappa shape index (κ3) is 5.80. The Bertz CT molecular complexity index is 1200. The summed E-state index contributed by atoms with van der Waals surface area (Å²) in [5.74, 6) is 0.531. The third-order valence-electron chi connectivity index (χ3n) is 6.11. The molecule has 8 nitrogen and oxygen atoms in total. The average Bonchev–Trinajstić information content (AvgIpc) is 2.86. The highest BCUT2D eigenvalue weighted by Gasteiger charge is 2.24. The van der Waals surface area contributed by atoms with Gasteiger partial charge in [0.25, 0.3) is 0 Å². The number of ether oxygens (including phenoxy) is 1. The second-order valence-electron chi connectivity index (χ2n) is 8.77. The van der Waals surface area contributed by atoms with Crippen LogP contribution in [0.5, 0.6) is 5.75 Å². The monoisotopic (exact) mass is 500 g/mol. The molecule has 186 valence electrons. The maximum absolute atomic E-state index is 14.6. The van der Waals surface area contributed by atoms with Gasteiger partial charge in [-0.1, -0.05) is 17.7 Å². The summed E-state index contributed by atoms with van der Waals surface area (Å²) >= 11 is 5.95. The van der Waals surface area contributed by atoms with Gasteiger partial charge in [0, 0.05) is 32.0 Å².